The van der Waals surface area contributed by atoms with Gasteiger partial charge in [-0.15, -0.1) is 22.7 Å². The number of furan rings is 1. The molecule has 0 saturated carbocycles. The molecule has 9 aromatic carbocycles. The first kappa shape index (κ1) is 33.9. The third kappa shape index (κ3) is 5.78. The highest BCUT2D eigenvalue weighted by Crippen LogP contribution is 2.46. The number of anilines is 6. The predicted octanol–water partition coefficient (Wildman–Crippen LogP) is 16.9. The first-order chi connectivity index (χ1) is 29.2. The van der Waals surface area contributed by atoms with Gasteiger partial charge in [-0.1, -0.05) is 91.0 Å². The highest BCUT2D eigenvalue weighted by molar-refractivity contribution is 7.26. The van der Waals surface area contributed by atoms with Crippen molar-refractivity contribution in [3.8, 4) is 11.1 Å². The van der Waals surface area contributed by atoms with E-state index in [-0.39, 0.29) is 0 Å². The highest BCUT2D eigenvalue weighted by Gasteiger charge is 2.20. The van der Waals surface area contributed by atoms with E-state index in [0.717, 1.165) is 56.1 Å². The van der Waals surface area contributed by atoms with Crippen molar-refractivity contribution in [3.05, 3.63) is 206 Å². The minimum absolute atomic E-state index is 0.912. The number of rotatable bonds is 7. The molecular weight excluding hydrogens is 757 g/mol. The van der Waals surface area contributed by atoms with E-state index in [1.165, 1.54) is 51.5 Å². The second-order valence-corrected chi connectivity index (χ2v) is 17.1. The Morgan fingerprint density at radius 1 is 0.271 bits per heavy atom. The molecule has 0 aliphatic carbocycles. The van der Waals surface area contributed by atoms with E-state index in [2.05, 4.69) is 204 Å². The number of fused-ring (bicyclic) bond motifs is 9. The first-order valence-electron chi connectivity index (χ1n) is 19.8. The minimum atomic E-state index is 0.912. The Kier molecular flexibility index (Phi) is 7.90. The fourth-order valence-electron chi connectivity index (χ4n) is 8.66. The van der Waals surface area contributed by atoms with Gasteiger partial charge in [0.25, 0.3) is 0 Å². The lowest BCUT2D eigenvalue weighted by Crippen LogP contribution is -2.13. The molecule has 0 spiro atoms. The van der Waals surface area contributed by atoms with Gasteiger partial charge in [0.05, 0.1) is 0 Å². The summed E-state index contributed by atoms with van der Waals surface area (Å²) in [5.41, 5.74) is 10.8. The molecule has 0 unspecified atom stereocenters. The van der Waals surface area contributed by atoms with E-state index >= 15 is 0 Å². The molecule has 0 aliphatic rings. The summed E-state index contributed by atoms with van der Waals surface area (Å²) in [6.45, 7) is 0. The van der Waals surface area contributed by atoms with E-state index in [1.807, 2.05) is 34.8 Å². The summed E-state index contributed by atoms with van der Waals surface area (Å²) in [7, 11) is 0. The molecule has 0 amide bonds. The van der Waals surface area contributed by atoms with Crippen LogP contribution < -0.4 is 9.80 Å². The fourth-order valence-corrected chi connectivity index (χ4v) is 10.8. The van der Waals surface area contributed by atoms with Gasteiger partial charge in [0.2, 0.25) is 0 Å². The van der Waals surface area contributed by atoms with Crippen LogP contribution in [0.4, 0.5) is 34.1 Å². The van der Waals surface area contributed by atoms with Gasteiger partial charge in [-0.05, 0) is 126 Å². The molecule has 0 radical (unpaired) electrons. The number of hydrogen-bond acceptors (Lipinski definition) is 5. The van der Waals surface area contributed by atoms with Crippen LogP contribution in [0, 0.1) is 0 Å². The summed E-state index contributed by atoms with van der Waals surface area (Å²) in [6, 6.07) is 74.6. The molecule has 0 bridgehead atoms. The van der Waals surface area contributed by atoms with Crippen molar-refractivity contribution < 1.29 is 4.42 Å². The van der Waals surface area contributed by atoms with Crippen molar-refractivity contribution >= 4 is 119 Å². The van der Waals surface area contributed by atoms with Crippen LogP contribution in [0.15, 0.2) is 211 Å². The maximum atomic E-state index is 6.17. The average Bonchev–Trinajstić information content (AvgIpc) is 3.98. The average molecular weight is 791 g/mol. The van der Waals surface area contributed by atoms with Crippen LogP contribution in [0.25, 0.3) is 73.4 Å². The fraction of sp³-hybridized carbons (Fsp3) is 0. The van der Waals surface area contributed by atoms with Crippen molar-refractivity contribution in [1.82, 2.24) is 0 Å². The van der Waals surface area contributed by atoms with Crippen molar-refractivity contribution in [1.29, 1.82) is 0 Å². The summed E-state index contributed by atoms with van der Waals surface area (Å²) >= 11 is 3.70. The van der Waals surface area contributed by atoms with Crippen LogP contribution in [0.2, 0.25) is 0 Å². The van der Waals surface area contributed by atoms with Crippen LogP contribution in [-0.2, 0) is 0 Å². The second kappa shape index (κ2) is 13.7. The molecule has 59 heavy (non-hydrogen) atoms. The maximum absolute atomic E-state index is 6.17. The smallest absolute Gasteiger partial charge is 0.135 e. The van der Waals surface area contributed by atoms with Crippen LogP contribution >= 0.6 is 22.7 Å². The number of para-hydroxylation sites is 3. The molecule has 5 heteroatoms. The minimum Gasteiger partial charge on any atom is -0.456 e. The van der Waals surface area contributed by atoms with Gasteiger partial charge in [-0.2, -0.15) is 0 Å². The zero-order chi connectivity index (χ0) is 38.9. The van der Waals surface area contributed by atoms with Gasteiger partial charge in [-0.3, -0.25) is 0 Å². The van der Waals surface area contributed by atoms with Crippen LogP contribution in [0.1, 0.15) is 0 Å². The Morgan fingerprint density at radius 3 is 1.39 bits per heavy atom. The molecule has 0 saturated heterocycles. The summed E-state index contributed by atoms with van der Waals surface area (Å²) in [5.74, 6) is 0. The van der Waals surface area contributed by atoms with E-state index in [1.54, 1.807) is 0 Å². The van der Waals surface area contributed by atoms with E-state index in [9.17, 15) is 0 Å². The molecule has 0 aliphatic heterocycles. The Morgan fingerprint density at radius 2 is 0.712 bits per heavy atom. The van der Waals surface area contributed by atoms with Crippen molar-refractivity contribution in [2.75, 3.05) is 9.80 Å². The largest absolute Gasteiger partial charge is 0.456 e. The first-order valence-corrected chi connectivity index (χ1v) is 21.4. The molecule has 278 valence electrons. The van der Waals surface area contributed by atoms with Gasteiger partial charge < -0.3 is 14.2 Å². The maximum Gasteiger partial charge on any atom is 0.135 e. The third-order valence-electron chi connectivity index (χ3n) is 11.4. The summed E-state index contributed by atoms with van der Waals surface area (Å²) in [5, 5.41) is 7.35. The predicted molar refractivity (Wildman–Crippen MR) is 254 cm³/mol. The molecule has 12 rings (SSSR count). The molecule has 3 heterocycles. The lowest BCUT2D eigenvalue weighted by atomic mass is 10.0. The van der Waals surface area contributed by atoms with E-state index in [4.69, 9.17) is 4.42 Å². The van der Waals surface area contributed by atoms with Gasteiger partial charge in [0, 0.05) is 85.2 Å². The molecule has 0 atom stereocenters. The Bertz CT molecular complexity index is 3490. The molecule has 3 nitrogen and oxygen atoms in total. The Balaban J connectivity index is 1.04. The number of benzene rings is 9. The Labute approximate surface area is 348 Å². The van der Waals surface area contributed by atoms with Gasteiger partial charge in [-0.25, -0.2) is 0 Å². The van der Waals surface area contributed by atoms with E-state index in [0.29, 0.717) is 0 Å². The lowest BCUT2D eigenvalue weighted by Gasteiger charge is -2.29. The van der Waals surface area contributed by atoms with Crippen LogP contribution in [0.5, 0.6) is 0 Å². The monoisotopic (exact) mass is 790 g/mol. The van der Waals surface area contributed by atoms with Gasteiger partial charge in [0.15, 0.2) is 0 Å². The standard InChI is InChI=1S/C54H34N2OS2/c1-3-12-37(13-4-1)55(38-14-5-2-6-15-38)39-16-11-17-40(32-39)56(41-24-28-53-47(33-41)44-19-8-10-21-51(44)58-53)42-25-29-54-48(34-42)46-31-36(23-27-52(46)59-54)35-22-26-50-45(30-35)43-18-7-9-20-49(43)57-50/h1-34H. The number of thiophene rings is 2. The van der Waals surface area contributed by atoms with Crippen molar-refractivity contribution in [2.24, 2.45) is 0 Å². The van der Waals surface area contributed by atoms with Crippen molar-refractivity contribution in [2.45, 2.75) is 0 Å². The molecular formula is C54H34N2OS2. The Hall–Kier alpha value is -7.18. The SMILES string of the molecule is c1ccc(N(c2ccccc2)c2cccc(N(c3ccc4sc5ccccc5c4c3)c3ccc4sc5ccc(-c6ccc7oc8ccccc8c7c6)cc5c4c3)c2)cc1. The normalized spacial score (nSPS) is 11.7. The van der Waals surface area contributed by atoms with Crippen molar-refractivity contribution in [3.63, 3.8) is 0 Å². The van der Waals surface area contributed by atoms with Crippen LogP contribution in [0.3, 0.4) is 0 Å². The topological polar surface area (TPSA) is 19.6 Å². The summed E-state index contributed by atoms with van der Waals surface area (Å²) in [6.07, 6.45) is 0. The molecule has 0 fully saturated rings. The molecule has 0 N–H and O–H groups in total. The van der Waals surface area contributed by atoms with Gasteiger partial charge >= 0.3 is 0 Å². The van der Waals surface area contributed by atoms with Gasteiger partial charge in [0.1, 0.15) is 11.2 Å². The van der Waals surface area contributed by atoms with E-state index < -0.39 is 0 Å². The second-order valence-electron chi connectivity index (χ2n) is 14.9. The zero-order valence-corrected chi connectivity index (χ0v) is 33.4. The molecule has 12 aromatic rings. The highest BCUT2D eigenvalue weighted by atomic mass is 32.1. The number of nitrogens with zero attached hydrogens (tertiary/aromatic N) is 2. The zero-order valence-electron chi connectivity index (χ0n) is 31.7. The molecule has 3 aromatic heterocycles. The lowest BCUT2D eigenvalue weighted by molar-refractivity contribution is 0.669. The number of hydrogen-bond donors (Lipinski definition) is 0. The van der Waals surface area contributed by atoms with Crippen LogP contribution in [-0.4, -0.2) is 0 Å². The summed E-state index contributed by atoms with van der Waals surface area (Å²) in [4.78, 5) is 4.76. The quantitative estimate of drug-likeness (QED) is 0.160. The third-order valence-corrected chi connectivity index (χ3v) is 13.7. The summed E-state index contributed by atoms with van der Waals surface area (Å²) < 4.78 is 11.3.